The van der Waals surface area contributed by atoms with Gasteiger partial charge in [0.2, 0.25) is 0 Å². The minimum Gasteiger partial charge on any atom is -0.395 e. The molecule has 2 nitrogen and oxygen atoms in total. The van der Waals surface area contributed by atoms with Crippen LogP contribution in [0.3, 0.4) is 0 Å². The maximum absolute atomic E-state index is 8.82. The van der Waals surface area contributed by atoms with Crippen LogP contribution < -0.4 is 5.32 Å². The summed E-state index contributed by atoms with van der Waals surface area (Å²) in [6, 6.07) is 0.915. The van der Waals surface area contributed by atoms with Crippen molar-refractivity contribution >= 4 is 0 Å². The fourth-order valence-corrected chi connectivity index (χ4v) is 1.50. The van der Waals surface area contributed by atoms with E-state index < -0.39 is 0 Å². The molecule has 2 atom stereocenters. The fraction of sp³-hybridized carbons (Fsp3) is 1.00. The molecule has 1 unspecified atom stereocenters. The minimum absolute atomic E-state index is 0.253. The topological polar surface area (TPSA) is 32.3 Å². The van der Waals surface area contributed by atoms with Crippen molar-refractivity contribution in [3.63, 3.8) is 0 Å². The van der Waals surface area contributed by atoms with E-state index in [0.717, 1.165) is 5.92 Å². The third-order valence-corrected chi connectivity index (χ3v) is 2.40. The highest BCUT2D eigenvalue weighted by atomic mass is 16.3. The zero-order valence-electron chi connectivity index (χ0n) is 7.51. The van der Waals surface area contributed by atoms with Crippen molar-refractivity contribution in [3.8, 4) is 0 Å². The Balaban J connectivity index is 2.19. The average Bonchev–Trinajstić information content (AvgIpc) is 2.82. The minimum atomic E-state index is 0.253. The Morgan fingerprint density at radius 3 is 2.55 bits per heavy atom. The molecule has 2 N–H and O–H groups in total. The van der Waals surface area contributed by atoms with E-state index >= 15 is 0 Å². The van der Waals surface area contributed by atoms with E-state index in [1.165, 1.54) is 19.3 Å². The summed E-state index contributed by atoms with van der Waals surface area (Å²) in [6.07, 6.45) is 3.95. The Hall–Kier alpha value is -0.0800. The molecule has 0 aromatic carbocycles. The summed E-state index contributed by atoms with van der Waals surface area (Å²) in [5.41, 5.74) is 0. The molecular weight excluding hydrogens is 138 g/mol. The Kier molecular flexibility index (Phi) is 3.34. The summed E-state index contributed by atoms with van der Waals surface area (Å²) in [4.78, 5) is 0. The highest BCUT2D eigenvalue weighted by molar-refractivity contribution is 4.86. The van der Waals surface area contributed by atoms with Gasteiger partial charge >= 0.3 is 0 Å². The van der Waals surface area contributed by atoms with Crippen LogP contribution in [0.25, 0.3) is 0 Å². The Morgan fingerprint density at radius 1 is 1.55 bits per heavy atom. The zero-order chi connectivity index (χ0) is 8.27. The van der Waals surface area contributed by atoms with Gasteiger partial charge in [-0.1, -0.05) is 6.92 Å². The van der Waals surface area contributed by atoms with Crippen LogP contribution in [0.1, 0.15) is 33.1 Å². The van der Waals surface area contributed by atoms with E-state index in [1.807, 2.05) is 6.92 Å². The number of nitrogens with one attached hydrogen (secondary N) is 1. The zero-order valence-corrected chi connectivity index (χ0v) is 7.51. The van der Waals surface area contributed by atoms with Crippen LogP contribution in [0.2, 0.25) is 0 Å². The molecule has 0 aromatic rings. The lowest BCUT2D eigenvalue weighted by atomic mass is 10.1. The molecule has 0 spiro atoms. The molecular formula is C9H19NO. The van der Waals surface area contributed by atoms with Crippen LogP contribution in [0.5, 0.6) is 0 Å². The highest BCUT2D eigenvalue weighted by Gasteiger charge is 2.30. The molecule has 1 fully saturated rings. The monoisotopic (exact) mass is 157 g/mol. The van der Waals surface area contributed by atoms with Gasteiger partial charge in [-0.2, -0.15) is 0 Å². The van der Waals surface area contributed by atoms with Crippen LogP contribution in [-0.4, -0.2) is 23.8 Å². The standard InChI is InChI=1S/C9H19NO/c1-3-9(8-4-5-8)10-7(2)6-11/h7-11H,3-6H2,1-2H3/t7-,9?/m1/s1. The summed E-state index contributed by atoms with van der Waals surface area (Å²) in [5, 5.41) is 12.2. The van der Waals surface area contributed by atoms with Crippen molar-refractivity contribution in [3.05, 3.63) is 0 Å². The Bertz CT molecular complexity index is 112. The number of hydrogen-bond acceptors (Lipinski definition) is 2. The van der Waals surface area contributed by atoms with Gasteiger partial charge in [0.1, 0.15) is 0 Å². The predicted molar refractivity (Wildman–Crippen MR) is 46.5 cm³/mol. The predicted octanol–water partition coefficient (Wildman–Crippen LogP) is 1.15. The lowest BCUT2D eigenvalue weighted by Crippen LogP contribution is -2.39. The second kappa shape index (κ2) is 4.07. The summed E-state index contributed by atoms with van der Waals surface area (Å²) in [5.74, 6) is 0.897. The van der Waals surface area contributed by atoms with Crippen molar-refractivity contribution in [2.45, 2.75) is 45.2 Å². The maximum atomic E-state index is 8.82. The number of aliphatic hydroxyl groups is 1. The molecule has 0 heterocycles. The Morgan fingerprint density at radius 2 is 2.18 bits per heavy atom. The van der Waals surface area contributed by atoms with Crippen molar-refractivity contribution in [2.24, 2.45) is 5.92 Å². The molecule has 0 aromatic heterocycles. The van der Waals surface area contributed by atoms with E-state index in [9.17, 15) is 0 Å². The largest absolute Gasteiger partial charge is 0.395 e. The van der Waals surface area contributed by atoms with Crippen LogP contribution in [0.15, 0.2) is 0 Å². The SMILES string of the molecule is CCC(N[C@H](C)CO)C1CC1. The quantitative estimate of drug-likeness (QED) is 0.627. The van der Waals surface area contributed by atoms with E-state index in [-0.39, 0.29) is 12.6 Å². The molecule has 1 saturated carbocycles. The van der Waals surface area contributed by atoms with Gasteiger partial charge in [0, 0.05) is 12.1 Å². The first-order valence-electron chi connectivity index (χ1n) is 4.64. The van der Waals surface area contributed by atoms with Crippen molar-refractivity contribution in [2.75, 3.05) is 6.61 Å². The smallest absolute Gasteiger partial charge is 0.0582 e. The first kappa shape index (κ1) is 9.01. The van der Waals surface area contributed by atoms with Gasteiger partial charge in [-0.25, -0.2) is 0 Å². The van der Waals surface area contributed by atoms with Crippen LogP contribution in [-0.2, 0) is 0 Å². The van der Waals surface area contributed by atoms with Gasteiger partial charge in [-0.15, -0.1) is 0 Å². The summed E-state index contributed by atoms with van der Waals surface area (Å²) >= 11 is 0. The van der Waals surface area contributed by atoms with Crippen molar-refractivity contribution < 1.29 is 5.11 Å². The van der Waals surface area contributed by atoms with Gasteiger partial charge in [-0.3, -0.25) is 0 Å². The number of rotatable bonds is 5. The molecule has 11 heavy (non-hydrogen) atoms. The van der Waals surface area contributed by atoms with E-state index in [4.69, 9.17) is 5.11 Å². The number of hydrogen-bond donors (Lipinski definition) is 2. The number of aliphatic hydroxyl groups excluding tert-OH is 1. The maximum Gasteiger partial charge on any atom is 0.0582 e. The fourth-order valence-electron chi connectivity index (χ4n) is 1.50. The second-order valence-electron chi connectivity index (χ2n) is 3.60. The van der Waals surface area contributed by atoms with Crippen molar-refractivity contribution in [1.82, 2.24) is 5.32 Å². The van der Waals surface area contributed by atoms with Gasteiger partial charge in [0.05, 0.1) is 6.61 Å². The van der Waals surface area contributed by atoms with Gasteiger partial charge < -0.3 is 10.4 Å². The van der Waals surface area contributed by atoms with Crippen LogP contribution in [0.4, 0.5) is 0 Å². The highest BCUT2D eigenvalue weighted by Crippen LogP contribution is 2.33. The first-order chi connectivity index (χ1) is 5.27. The molecule has 0 radical (unpaired) electrons. The Labute approximate surface area is 69.0 Å². The van der Waals surface area contributed by atoms with Gasteiger partial charge in [0.25, 0.3) is 0 Å². The van der Waals surface area contributed by atoms with Gasteiger partial charge in [-0.05, 0) is 32.1 Å². The summed E-state index contributed by atoms with van der Waals surface area (Å²) < 4.78 is 0. The lowest BCUT2D eigenvalue weighted by Gasteiger charge is -2.20. The third kappa shape index (κ3) is 2.80. The van der Waals surface area contributed by atoms with E-state index in [0.29, 0.717) is 6.04 Å². The molecule has 2 heteroatoms. The first-order valence-corrected chi connectivity index (χ1v) is 4.64. The molecule has 1 rings (SSSR count). The molecule has 0 bridgehead atoms. The van der Waals surface area contributed by atoms with Crippen LogP contribution >= 0.6 is 0 Å². The van der Waals surface area contributed by atoms with Crippen LogP contribution in [0, 0.1) is 5.92 Å². The second-order valence-corrected chi connectivity index (χ2v) is 3.60. The molecule has 1 aliphatic carbocycles. The summed E-state index contributed by atoms with van der Waals surface area (Å²) in [7, 11) is 0. The normalized spacial score (nSPS) is 23.2. The molecule has 66 valence electrons. The van der Waals surface area contributed by atoms with Gasteiger partial charge in [0.15, 0.2) is 0 Å². The van der Waals surface area contributed by atoms with E-state index in [2.05, 4.69) is 12.2 Å². The molecule has 0 aliphatic heterocycles. The lowest BCUT2D eigenvalue weighted by molar-refractivity contribution is 0.234. The average molecular weight is 157 g/mol. The molecule has 0 amide bonds. The molecule has 0 saturated heterocycles. The van der Waals surface area contributed by atoms with E-state index in [1.54, 1.807) is 0 Å². The summed E-state index contributed by atoms with van der Waals surface area (Å²) in [6.45, 7) is 4.49. The third-order valence-electron chi connectivity index (χ3n) is 2.40. The van der Waals surface area contributed by atoms with Crippen molar-refractivity contribution in [1.29, 1.82) is 0 Å². The molecule has 1 aliphatic rings.